The Bertz CT molecular complexity index is 349. The molecule has 0 amide bonds. The highest BCUT2D eigenvalue weighted by molar-refractivity contribution is 4.97. The number of hydrogen-bond donors (Lipinski definition) is 1. The average molecular weight is 229 g/mol. The van der Waals surface area contributed by atoms with E-state index in [9.17, 15) is 8.78 Å². The van der Waals surface area contributed by atoms with Gasteiger partial charge in [-0.05, 0) is 12.8 Å². The summed E-state index contributed by atoms with van der Waals surface area (Å²) in [7, 11) is 1.90. The summed E-state index contributed by atoms with van der Waals surface area (Å²) in [5.74, 6) is -2.48. The molecule has 1 fully saturated rings. The number of halogens is 2. The Balaban J connectivity index is 1.84. The van der Waals surface area contributed by atoms with Gasteiger partial charge in [0, 0.05) is 38.7 Å². The number of rotatable bonds is 3. The van der Waals surface area contributed by atoms with Crippen LogP contribution in [-0.4, -0.2) is 21.5 Å². The molecule has 0 aromatic carbocycles. The maximum atomic E-state index is 13.1. The smallest absolute Gasteiger partial charge is 0.249 e. The lowest BCUT2D eigenvalue weighted by molar-refractivity contribution is -0.0443. The third kappa shape index (κ3) is 2.78. The maximum absolute atomic E-state index is 13.1. The van der Waals surface area contributed by atoms with E-state index in [1.165, 1.54) is 0 Å². The van der Waals surface area contributed by atoms with Crippen LogP contribution in [-0.2, 0) is 13.6 Å². The molecular weight excluding hydrogens is 212 g/mol. The van der Waals surface area contributed by atoms with E-state index in [-0.39, 0.29) is 18.9 Å². The summed E-state index contributed by atoms with van der Waals surface area (Å²) in [5.41, 5.74) is 1.02. The van der Waals surface area contributed by atoms with Crippen LogP contribution in [0.15, 0.2) is 12.5 Å². The van der Waals surface area contributed by atoms with E-state index < -0.39 is 5.92 Å². The van der Waals surface area contributed by atoms with Gasteiger partial charge in [0.05, 0.1) is 12.0 Å². The Labute approximate surface area is 93.9 Å². The topological polar surface area (TPSA) is 29.9 Å². The largest absolute Gasteiger partial charge is 0.337 e. The van der Waals surface area contributed by atoms with Crippen molar-refractivity contribution in [2.45, 2.75) is 44.2 Å². The van der Waals surface area contributed by atoms with Gasteiger partial charge in [0.2, 0.25) is 5.92 Å². The lowest BCUT2D eigenvalue weighted by atomic mass is 9.92. The Kier molecular flexibility index (Phi) is 3.23. The van der Waals surface area contributed by atoms with Crippen LogP contribution in [0, 0.1) is 0 Å². The van der Waals surface area contributed by atoms with E-state index in [1.54, 1.807) is 12.5 Å². The Hall–Kier alpha value is -0.970. The van der Waals surface area contributed by atoms with E-state index in [0.717, 1.165) is 12.1 Å². The average Bonchev–Trinajstić information content (AvgIpc) is 2.60. The summed E-state index contributed by atoms with van der Waals surface area (Å²) in [6.07, 6.45) is 4.92. The summed E-state index contributed by atoms with van der Waals surface area (Å²) < 4.78 is 28.2. The van der Waals surface area contributed by atoms with Crippen LogP contribution in [0.1, 0.15) is 31.4 Å². The Morgan fingerprint density at radius 1 is 1.62 bits per heavy atom. The van der Waals surface area contributed by atoms with Gasteiger partial charge in [0.15, 0.2) is 0 Å². The molecule has 1 aromatic rings. The summed E-state index contributed by atoms with van der Waals surface area (Å²) in [4.78, 5) is 3.99. The van der Waals surface area contributed by atoms with E-state index in [4.69, 9.17) is 0 Å². The van der Waals surface area contributed by atoms with Gasteiger partial charge in [-0.15, -0.1) is 0 Å². The highest BCUT2D eigenvalue weighted by atomic mass is 19.3. The molecule has 0 unspecified atom stereocenters. The normalized spacial score (nSPS) is 24.6. The number of nitrogens with one attached hydrogen (secondary N) is 1. The second-order valence-corrected chi connectivity index (χ2v) is 4.53. The minimum Gasteiger partial charge on any atom is -0.337 e. The molecule has 0 bridgehead atoms. The molecular formula is C11H17F2N3. The first kappa shape index (κ1) is 11.5. The first-order valence-electron chi connectivity index (χ1n) is 5.63. The van der Waals surface area contributed by atoms with Crippen LogP contribution < -0.4 is 5.32 Å². The standard InChI is InChI=1S/C11H17F2N3/c1-16-8-14-6-10(16)7-15-9-3-2-4-11(12,13)5-9/h6,8-9,15H,2-5,7H2,1H3/t9-/m1/s1. The molecule has 2 rings (SSSR count). The van der Waals surface area contributed by atoms with Gasteiger partial charge in [-0.3, -0.25) is 0 Å². The predicted molar refractivity (Wildman–Crippen MR) is 57.3 cm³/mol. The Morgan fingerprint density at radius 3 is 3.06 bits per heavy atom. The van der Waals surface area contributed by atoms with E-state index >= 15 is 0 Å². The van der Waals surface area contributed by atoms with Crippen molar-refractivity contribution in [3.05, 3.63) is 18.2 Å². The van der Waals surface area contributed by atoms with Crippen molar-refractivity contribution in [3.8, 4) is 0 Å². The van der Waals surface area contributed by atoms with Crippen LogP contribution in [0.25, 0.3) is 0 Å². The van der Waals surface area contributed by atoms with Crippen LogP contribution in [0.4, 0.5) is 8.78 Å². The zero-order chi connectivity index (χ0) is 11.6. The monoisotopic (exact) mass is 229 g/mol. The molecule has 1 atom stereocenters. The number of aromatic nitrogens is 2. The fourth-order valence-corrected chi connectivity index (χ4v) is 2.15. The summed E-state index contributed by atoms with van der Waals surface area (Å²) >= 11 is 0. The molecule has 1 aliphatic carbocycles. The molecule has 1 heterocycles. The summed E-state index contributed by atoms with van der Waals surface area (Å²) in [5, 5.41) is 3.18. The van der Waals surface area contributed by atoms with Crippen LogP contribution >= 0.6 is 0 Å². The van der Waals surface area contributed by atoms with E-state index in [2.05, 4.69) is 10.3 Å². The zero-order valence-corrected chi connectivity index (χ0v) is 9.42. The lowest BCUT2D eigenvalue weighted by Gasteiger charge is -2.29. The molecule has 0 saturated heterocycles. The fraction of sp³-hybridized carbons (Fsp3) is 0.727. The van der Waals surface area contributed by atoms with Gasteiger partial charge in [-0.25, -0.2) is 13.8 Å². The molecule has 0 aliphatic heterocycles. The van der Waals surface area contributed by atoms with Crippen LogP contribution in [0.5, 0.6) is 0 Å². The van der Waals surface area contributed by atoms with Gasteiger partial charge in [0.25, 0.3) is 0 Å². The van der Waals surface area contributed by atoms with Crippen LogP contribution in [0.3, 0.4) is 0 Å². The SMILES string of the molecule is Cn1cncc1CN[C@@H]1CCCC(F)(F)C1. The molecule has 1 saturated carbocycles. The van der Waals surface area contributed by atoms with Gasteiger partial charge >= 0.3 is 0 Å². The van der Waals surface area contributed by atoms with Gasteiger partial charge in [-0.1, -0.05) is 0 Å². The molecule has 1 aliphatic rings. The van der Waals surface area contributed by atoms with Crippen molar-refractivity contribution in [2.75, 3.05) is 0 Å². The first-order chi connectivity index (χ1) is 7.57. The van der Waals surface area contributed by atoms with Crippen molar-refractivity contribution in [2.24, 2.45) is 7.05 Å². The third-order valence-electron chi connectivity index (χ3n) is 3.13. The molecule has 0 radical (unpaired) electrons. The second-order valence-electron chi connectivity index (χ2n) is 4.53. The van der Waals surface area contributed by atoms with E-state index in [1.807, 2.05) is 11.6 Å². The first-order valence-corrected chi connectivity index (χ1v) is 5.63. The van der Waals surface area contributed by atoms with Gasteiger partial charge in [0.1, 0.15) is 0 Å². The minimum atomic E-state index is -2.48. The molecule has 90 valence electrons. The lowest BCUT2D eigenvalue weighted by Crippen LogP contribution is -2.38. The number of aryl methyl sites for hydroxylation is 1. The molecule has 1 N–H and O–H groups in total. The predicted octanol–water partition coefficient (Wildman–Crippen LogP) is 2.09. The molecule has 3 nitrogen and oxygen atoms in total. The molecule has 5 heteroatoms. The third-order valence-corrected chi connectivity index (χ3v) is 3.13. The summed E-state index contributed by atoms with van der Waals surface area (Å²) in [6.45, 7) is 0.608. The number of imidazole rings is 1. The number of hydrogen-bond acceptors (Lipinski definition) is 2. The van der Waals surface area contributed by atoms with Gasteiger partial charge in [-0.2, -0.15) is 0 Å². The molecule has 0 spiro atoms. The van der Waals surface area contributed by atoms with Crippen molar-refractivity contribution in [3.63, 3.8) is 0 Å². The van der Waals surface area contributed by atoms with Crippen molar-refractivity contribution in [1.29, 1.82) is 0 Å². The van der Waals surface area contributed by atoms with Crippen LogP contribution in [0.2, 0.25) is 0 Å². The van der Waals surface area contributed by atoms with Crippen molar-refractivity contribution >= 4 is 0 Å². The zero-order valence-electron chi connectivity index (χ0n) is 9.42. The quantitative estimate of drug-likeness (QED) is 0.860. The van der Waals surface area contributed by atoms with E-state index in [0.29, 0.717) is 13.0 Å². The highest BCUT2D eigenvalue weighted by Gasteiger charge is 2.35. The minimum absolute atomic E-state index is 0.0369. The van der Waals surface area contributed by atoms with Crippen molar-refractivity contribution in [1.82, 2.24) is 14.9 Å². The molecule has 16 heavy (non-hydrogen) atoms. The summed E-state index contributed by atoms with van der Waals surface area (Å²) in [6, 6.07) is -0.0707. The Morgan fingerprint density at radius 2 is 2.44 bits per heavy atom. The highest BCUT2D eigenvalue weighted by Crippen LogP contribution is 2.33. The fourth-order valence-electron chi connectivity index (χ4n) is 2.15. The second kappa shape index (κ2) is 4.49. The number of alkyl halides is 2. The maximum Gasteiger partial charge on any atom is 0.249 e. The molecule has 1 aromatic heterocycles. The van der Waals surface area contributed by atoms with Gasteiger partial charge < -0.3 is 9.88 Å². The van der Waals surface area contributed by atoms with Crippen molar-refractivity contribution < 1.29 is 8.78 Å². The number of nitrogens with zero attached hydrogens (tertiary/aromatic N) is 2.